The quantitative estimate of drug-likeness (QED) is 0.678. The molecule has 0 saturated carbocycles. The lowest BCUT2D eigenvalue weighted by atomic mass is 10.2. The third kappa shape index (κ3) is 4.18. The summed E-state index contributed by atoms with van der Waals surface area (Å²) in [4.78, 5) is 19.5. The molecule has 0 fully saturated rings. The van der Waals surface area contributed by atoms with E-state index in [9.17, 15) is 4.79 Å². The Kier molecular flexibility index (Phi) is 5.11. The average molecular weight is 278 g/mol. The molecule has 0 radical (unpaired) electrons. The highest BCUT2D eigenvalue weighted by Gasteiger charge is 2.06. The summed E-state index contributed by atoms with van der Waals surface area (Å²) in [5.41, 5.74) is 1.07. The molecule has 2 aromatic heterocycles. The molecule has 0 aromatic carbocycles. The van der Waals surface area contributed by atoms with E-state index in [4.69, 9.17) is 0 Å². The molecule has 1 atom stereocenters. The van der Waals surface area contributed by atoms with Crippen LogP contribution in [0.5, 0.6) is 0 Å². The van der Waals surface area contributed by atoms with Gasteiger partial charge in [-0.05, 0) is 31.3 Å². The van der Waals surface area contributed by atoms with Gasteiger partial charge >= 0.3 is 0 Å². The van der Waals surface area contributed by atoms with Crippen LogP contribution in [0, 0.1) is 0 Å². The predicted octanol–water partition coefficient (Wildman–Crippen LogP) is 1.94. The van der Waals surface area contributed by atoms with Gasteiger partial charge < -0.3 is 15.6 Å². The molecule has 0 spiro atoms. The largest absolute Gasteiger partial charge is 0.351 e. The fourth-order valence-corrected chi connectivity index (χ4v) is 2.36. The number of imidazole rings is 1. The summed E-state index contributed by atoms with van der Waals surface area (Å²) in [6, 6.07) is 3.96. The van der Waals surface area contributed by atoms with Crippen LogP contribution in [-0.4, -0.2) is 29.0 Å². The molecule has 5 nitrogen and oxygen atoms in total. The molecule has 19 heavy (non-hydrogen) atoms. The summed E-state index contributed by atoms with van der Waals surface area (Å²) >= 11 is 1.46. The van der Waals surface area contributed by atoms with Crippen LogP contribution in [0.4, 0.5) is 0 Å². The van der Waals surface area contributed by atoms with E-state index in [0.717, 1.165) is 23.5 Å². The summed E-state index contributed by atoms with van der Waals surface area (Å²) in [5.74, 6) is 0.0108. The zero-order valence-corrected chi connectivity index (χ0v) is 11.7. The predicted molar refractivity (Wildman–Crippen MR) is 76.3 cm³/mol. The fourth-order valence-electron chi connectivity index (χ4n) is 1.72. The van der Waals surface area contributed by atoms with E-state index in [-0.39, 0.29) is 11.9 Å². The van der Waals surface area contributed by atoms with Crippen LogP contribution in [0.25, 0.3) is 0 Å². The minimum absolute atomic E-state index is 0.0108. The number of hydrogen-bond donors (Lipinski definition) is 3. The number of nitrogens with one attached hydrogen (secondary N) is 3. The lowest BCUT2D eigenvalue weighted by molar-refractivity contribution is 0.0957. The number of aromatic amines is 1. The van der Waals surface area contributed by atoms with E-state index >= 15 is 0 Å². The lowest BCUT2D eigenvalue weighted by Crippen LogP contribution is -2.27. The Morgan fingerprint density at radius 2 is 2.42 bits per heavy atom. The number of carbonyl (C=O) groups excluding carboxylic acids is 1. The van der Waals surface area contributed by atoms with Crippen LogP contribution in [0.15, 0.2) is 30.0 Å². The van der Waals surface area contributed by atoms with Gasteiger partial charge in [-0.3, -0.25) is 4.79 Å². The first kappa shape index (κ1) is 13.8. The Labute approximate surface area is 116 Å². The lowest BCUT2D eigenvalue weighted by Gasteiger charge is -2.11. The van der Waals surface area contributed by atoms with E-state index in [1.54, 1.807) is 6.33 Å². The van der Waals surface area contributed by atoms with Gasteiger partial charge in [0.25, 0.3) is 5.91 Å². The number of aromatic nitrogens is 2. The van der Waals surface area contributed by atoms with Gasteiger partial charge in [0.15, 0.2) is 0 Å². The molecule has 102 valence electrons. The normalized spacial score (nSPS) is 12.3. The molecular weight excluding hydrogens is 260 g/mol. The first-order valence-corrected chi connectivity index (χ1v) is 7.18. The topological polar surface area (TPSA) is 69.8 Å². The van der Waals surface area contributed by atoms with Crippen molar-refractivity contribution in [1.82, 2.24) is 20.6 Å². The standard InChI is InChI=1S/C13H18N4OS/c1-10(11-8-14-9-17-11)15-5-3-6-16-13(18)12-4-2-7-19-12/h2,4,7-10,15H,3,5-6H2,1H3,(H,14,17)(H,16,18). The van der Waals surface area contributed by atoms with Gasteiger partial charge in [0.05, 0.1) is 16.9 Å². The highest BCUT2D eigenvalue weighted by Crippen LogP contribution is 2.08. The van der Waals surface area contributed by atoms with Crippen LogP contribution in [0.2, 0.25) is 0 Å². The van der Waals surface area contributed by atoms with Gasteiger partial charge in [0, 0.05) is 18.8 Å². The molecular formula is C13H18N4OS. The molecule has 2 aromatic rings. The summed E-state index contributed by atoms with van der Waals surface area (Å²) in [6.45, 7) is 3.61. The van der Waals surface area contributed by atoms with Crippen molar-refractivity contribution in [3.8, 4) is 0 Å². The monoisotopic (exact) mass is 278 g/mol. The van der Waals surface area contributed by atoms with Crippen LogP contribution >= 0.6 is 11.3 Å². The Hall–Kier alpha value is -1.66. The van der Waals surface area contributed by atoms with Crippen LogP contribution in [0.1, 0.15) is 34.8 Å². The number of H-pyrrole nitrogens is 1. The molecule has 2 rings (SSSR count). The SMILES string of the molecule is CC(NCCCNC(=O)c1cccs1)c1cnc[nH]1. The Bertz CT molecular complexity index is 481. The van der Waals surface area contributed by atoms with E-state index in [0.29, 0.717) is 6.54 Å². The second kappa shape index (κ2) is 7.06. The van der Waals surface area contributed by atoms with Gasteiger partial charge in [-0.15, -0.1) is 11.3 Å². The molecule has 1 unspecified atom stereocenters. The second-order valence-corrected chi connectivity index (χ2v) is 5.22. The highest BCUT2D eigenvalue weighted by molar-refractivity contribution is 7.12. The van der Waals surface area contributed by atoms with Gasteiger partial charge in [-0.1, -0.05) is 6.07 Å². The van der Waals surface area contributed by atoms with E-state index < -0.39 is 0 Å². The molecule has 0 saturated heterocycles. The average Bonchev–Trinajstić information content (AvgIpc) is 3.10. The van der Waals surface area contributed by atoms with Crippen molar-refractivity contribution in [3.05, 3.63) is 40.6 Å². The van der Waals surface area contributed by atoms with Crippen molar-refractivity contribution in [3.63, 3.8) is 0 Å². The Balaban J connectivity index is 1.59. The maximum atomic E-state index is 11.7. The minimum atomic E-state index is 0.0108. The number of nitrogens with zero attached hydrogens (tertiary/aromatic N) is 1. The molecule has 3 N–H and O–H groups in total. The Morgan fingerprint density at radius 1 is 1.53 bits per heavy atom. The fraction of sp³-hybridized carbons (Fsp3) is 0.385. The molecule has 0 bridgehead atoms. The smallest absolute Gasteiger partial charge is 0.261 e. The summed E-state index contributed by atoms with van der Waals surface area (Å²) in [5, 5.41) is 8.18. The molecule has 1 amide bonds. The van der Waals surface area contributed by atoms with Crippen molar-refractivity contribution >= 4 is 17.2 Å². The highest BCUT2D eigenvalue weighted by atomic mass is 32.1. The van der Waals surface area contributed by atoms with Gasteiger partial charge in [-0.25, -0.2) is 4.98 Å². The zero-order chi connectivity index (χ0) is 13.5. The van der Waals surface area contributed by atoms with Crippen molar-refractivity contribution in [2.75, 3.05) is 13.1 Å². The molecule has 0 aliphatic rings. The molecule has 0 aliphatic heterocycles. The molecule has 0 aliphatic carbocycles. The number of amides is 1. The summed E-state index contributed by atoms with van der Waals surface area (Å²) < 4.78 is 0. The van der Waals surface area contributed by atoms with E-state index in [1.807, 2.05) is 23.7 Å². The van der Waals surface area contributed by atoms with Crippen molar-refractivity contribution in [2.45, 2.75) is 19.4 Å². The first-order valence-electron chi connectivity index (χ1n) is 6.30. The van der Waals surface area contributed by atoms with Crippen molar-refractivity contribution in [1.29, 1.82) is 0 Å². The van der Waals surface area contributed by atoms with Crippen LogP contribution in [-0.2, 0) is 0 Å². The molecule has 6 heteroatoms. The number of rotatable bonds is 7. The Morgan fingerprint density at radius 3 is 3.11 bits per heavy atom. The minimum Gasteiger partial charge on any atom is -0.351 e. The zero-order valence-electron chi connectivity index (χ0n) is 10.8. The third-order valence-electron chi connectivity index (χ3n) is 2.82. The maximum Gasteiger partial charge on any atom is 0.261 e. The number of hydrogen-bond acceptors (Lipinski definition) is 4. The number of carbonyl (C=O) groups is 1. The van der Waals surface area contributed by atoms with Gasteiger partial charge in [-0.2, -0.15) is 0 Å². The third-order valence-corrected chi connectivity index (χ3v) is 3.69. The number of thiophene rings is 1. The van der Waals surface area contributed by atoms with Crippen LogP contribution in [0.3, 0.4) is 0 Å². The second-order valence-electron chi connectivity index (χ2n) is 4.27. The summed E-state index contributed by atoms with van der Waals surface area (Å²) in [6.07, 6.45) is 4.39. The first-order chi connectivity index (χ1) is 9.27. The maximum absolute atomic E-state index is 11.7. The summed E-state index contributed by atoms with van der Waals surface area (Å²) in [7, 11) is 0. The van der Waals surface area contributed by atoms with E-state index in [1.165, 1.54) is 11.3 Å². The van der Waals surface area contributed by atoms with E-state index in [2.05, 4.69) is 27.5 Å². The van der Waals surface area contributed by atoms with Gasteiger partial charge in [0.2, 0.25) is 0 Å². The van der Waals surface area contributed by atoms with Crippen LogP contribution < -0.4 is 10.6 Å². The van der Waals surface area contributed by atoms with Crippen molar-refractivity contribution < 1.29 is 4.79 Å². The van der Waals surface area contributed by atoms with Crippen molar-refractivity contribution in [2.24, 2.45) is 0 Å². The van der Waals surface area contributed by atoms with Gasteiger partial charge in [0.1, 0.15) is 0 Å². The molecule has 2 heterocycles.